The lowest BCUT2D eigenvalue weighted by atomic mass is 10.0. The molecule has 1 aromatic heterocycles. The van der Waals surface area contributed by atoms with Crippen LogP contribution in [0.15, 0.2) is 6.20 Å². The minimum Gasteiger partial charge on any atom is -0.356 e. The number of rotatable bonds is 8. The number of carbonyl (C=O) groups is 1. The van der Waals surface area contributed by atoms with Crippen molar-refractivity contribution in [3.05, 3.63) is 17.5 Å². The molecule has 0 saturated carbocycles. The van der Waals surface area contributed by atoms with Crippen molar-refractivity contribution in [1.82, 2.24) is 15.5 Å². The minimum atomic E-state index is -0.0364. The molecule has 1 rings (SSSR count). The van der Waals surface area contributed by atoms with E-state index >= 15 is 0 Å². The van der Waals surface area contributed by atoms with Gasteiger partial charge >= 0.3 is 0 Å². The van der Waals surface area contributed by atoms with Crippen LogP contribution >= 0.6 is 0 Å². The maximum absolute atomic E-state index is 11.8. The second-order valence-corrected chi connectivity index (χ2v) is 4.64. The molecule has 0 aliphatic carbocycles. The Morgan fingerprint density at radius 1 is 1.61 bits per heavy atom. The molecular weight excluding hydrogens is 228 g/mol. The van der Waals surface area contributed by atoms with E-state index in [1.165, 1.54) is 5.56 Å². The Morgan fingerprint density at radius 3 is 2.94 bits per heavy atom. The predicted molar refractivity (Wildman–Crippen MR) is 72.1 cm³/mol. The lowest BCUT2D eigenvalue weighted by Crippen LogP contribution is -2.35. The number of H-pyrrole nitrogens is 1. The molecule has 1 heterocycles. The van der Waals surface area contributed by atoms with Crippen molar-refractivity contribution in [2.24, 2.45) is 11.7 Å². The van der Waals surface area contributed by atoms with Gasteiger partial charge < -0.3 is 11.1 Å². The van der Waals surface area contributed by atoms with E-state index in [4.69, 9.17) is 5.73 Å². The molecule has 18 heavy (non-hydrogen) atoms. The van der Waals surface area contributed by atoms with Crippen LogP contribution in [0.4, 0.5) is 0 Å². The summed E-state index contributed by atoms with van der Waals surface area (Å²) in [5, 5.41) is 9.83. The van der Waals surface area contributed by atoms with E-state index in [1.807, 2.05) is 13.1 Å². The fourth-order valence-electron chi connectivity index (χ4n) is 1.97. The zero-order valence-electron chi connectivity index (χ0n) is 11.3. The zero-order chi connectivity index (χ0) is 13.4. The van der Waals surface area contributed by atoms with E-state index < -0.39 is 0 Å². The molecule has 1 atom stereocenters. The molecule has 5 heteroatoms. The number of nitrogens with one attached hydrogen (secondary N) is 2. The van der Waals surface area contributed by atoms with Gasteiger partial charge in [-0.05, 0) is 31.7 Å². The van der Waals surface area contributed by atoms with Crippen molar-refractivity contribution in [3.8, 4) is 0 Å². The van der Waals surface area contributed by atoms with Gasteiger partial charge in [0, 0.05) is 18.8 Å². The largest absolute Gasteiger partial charge is 0.356 e. The molecule has 0 radical (unpaired) electrons. The average molecular weight is 252 g/mol. The first kappa shape index (κ1) is 14.7. The minimum absolute atomic E-state index is 0.0364. The maximum atomic E-state index is 11.8. The molecule has 0 aromatic carbocycles. The number of nitrogens with two attached hydrogens (primary N) is 1. The molecular formula is C13H24N4O. The van der Waals surface area contributed by atoms with Gasteiger partial charge in [-0.15, -0.1) is 0 Å². The van der Waals surface area contributed by atoms with Crippen LogP contribution in [0.2, 0.25) is 0 Å². The van der Waals surface area contributed by atoms with Crippen molar-refractivity contribution in [1.29, 1.82) is 0 Å². The summed E-state index contributed by atoms with van der Waals surface area (Å²) in [6, 6.07) is 0. The summed E-state index contributed by atoms with van der Waals surface area (Å²) in [4.78, 5) is 11.8. The SMILES string of the molecule is CCCC(CN)C(=O)NCCCc1cn[nH]c1C. The number of aromatic amines is 1. The molecule has 0 aliphatic rings. The van der Waals surface area contributed by atoms with Crippen LogP contribution in [0.3, 0.4) is 0 Å². The summed E-state index contributed by atoms with van der Waals surface area (Å²) >= 11 is 0. The van der Waals surface area contributed by atoms with Gasteiger partial charge in [0.2, 0.25) is 5.91 Å². The van der Waals surface area contributed by atoms with E-state index in [9.17, 15) is 4.79 Å². The number of nitrogens with zero attached hydrogens (tertiary/aromatic N) is 1. The summed E-state index contributed by atoms with van der Waals surface area (Å²) in [7, 11) is 0. The Hall–Kier alpha value is -1.36. The van der Waals surface area contributed by atoms with Crippen molar-refractivity contribution in [2.45, 2.75) is 39.5 Å². The van der Waals surface area contributed by atoms with Gasteiger partial charge in [-0.2, -0.15) is 5.10 Å². The lowest BCUT2D eigenvalue weighted by Gasteiger charge is -2.13. The molecule has 0 bridgehead atoms. The third-order valence-electron chi connectivity index (χ3n) is 3.15. The molecule has 0 saturated heterocycles. The van der Waals surface area contributed by atoms with Crippen LogP contribution in [-0.4, -0.2) is 29.2 Å². The Kier molecular flexibility index (Phi) is 6.43. The van der Waals surface area contributed by atoms with E-state index in [1.54, 1.807) is 0 Å². The van der Waals surface area contributed by atoms with Crippen LogP contribution in [0.5, 0.6) is 0 Å². The van der Waals surface area contributed by atoms with Gasteiger partial charge in [0.05, 0.1) is 12.1 Å². The van der Waals surface area contributed by atoms with Crippen molar-refractivity contribution < 1.29 is 4.79 Å². The topological polar surface area (TPSA) is 83.8 Å². The normalized spacial score (nSPS) is 12.4. The Bertz CT molecular complexity index is 362. The number of carbonyl (C=O) groups excluding carboxylic acids is 1. The number of amides is 1. The van der Waals surface area contributed by atoms with Gasteiger partial charge in [0.1, 0.15) is 0 Å². The van der Waals surface area contributed by atoms with E-state index in [-0.39, 0.29) is 11.8 Å². The number of hydrogen-bond donors (Lipinski definition) is 3. The molecule has 4 N–H and O–H groups in total. The maximum Gasteiger partial charge on any atom is 0.224 e. The van der Waals surface area contributed by atoms with Crippen LogP contribution in [0.25, 0.3) is 0 Å². The predicted octanol–water partition coefficient (Wildman–Crippen LogP) is 1.14. The molecule has 0 fully saturated rings. The first-order valence-electron chi connectivity index (χ1n) is 6.65. The van der Waals surface area contributed by atoms with E-state index in [0.29, 0.717) is 13.1 Å². The highest BCUT2D eigenvalue weighted by molar-refractivity contribution is 5.78. The number of aryl methyl sites for hydroxylation is 2. The standard InChI is InChI=1S/C13H24N4O/c1-3-5-11(8-14)13(18)15-7-4-6-12-9-16-17-10(12)2/h9,11H,3-8,14H2,1-2H3,(H,15,18)(H,16,17). The summed E-state index contributed by atoms with van der Waals surface area (Å²) < 4.78 is 0. The van der Waals surface area contributed by atoms with Gasteiger partial charge in [-0.3, -0.25) is 9.89 Å². The molecule has 1 unspecified atom stereocenters. The fraction of sp³-hybridized carbons (Fsp3) is 0.692. The van der Waals surface area contributed by atoms with Crippen molar-refractivity contribution in [2.75, 3.05) is 13.1 Å². The quantitative estimate of drug-likeness (QED) is 0.607. The zero-order valence-corrected chi connectivity index (χ0v) is 11.3. The van der Waals surface area contributed by atoms with Crippen molar-refractivity contribution in [3.63, 3.8) is 0 Å². The monoisotopic (exact) mass is 252 g/mol. The third-order valence-corrected chi connectivity index (χ3v) is 3.15. The molecule has 1 amide bonds. The highest BCUT2D eigenvalue weighted by Crippen LogP contribution is 2.06. The first-order chi connectivity index (χ1) is 8.69. The van der Waals surface area contributed by atoms with Gasteiger partial charge in [0.15, 0.2) is 0 Å². The fourth-order valence-corrected chi connectivity index (χ4v) is 1.97. The van der Waals surface area contributed by atoms with Gasteiger partial charge in [-0.25, -0.2) is 0 Å². The molecule has 0 spiro atoms. The van der Waals surface area contributed by atoms with Crippen LogP contribution in [-0.2, 0) is 11.2 Å². The number of aromatic nitrogens is 2. The molecule has 0 aliphatic heterocycles. The molecule has 102 valence electrons. The van der Waals surface area contributed by atoms with Gasteiger partial charge in [0.25, 0.3) is 0 Å². The van der Waals surface area contributed by atoms with Crippen LogP contribution in [0.1, 0.15) is 37.4 Å². The highest BCUT2D eigenvalue weighted by atomic mass is 16.1. The van der Waals surface area contributed by atoms with Gasteiger partial charge in [-0.1, -0.05) is 13.3 Å². The Morgan fingerprint density at radius 2 is 2.39 bits per heavy atom. The lowest BCUT2D eigenvalue weighted by molar-refractivity contribution is -0.124. The third kappa shape index (κ3) is 4.49. The summed E-state index contributed by atoms with van der Waals surface area (Å²) in [5.41, 5.74) is 7.91. The molecule has 1 aromatic rings. The highest BCUT2D eigenvalue weighted by Gasteiger charge is 2.14. The summed E-state index contributed by atoms with van der Waals surface area (Å²) in [5.74, 6) is 0.0499. The van der Waals surface area contributed by atoms with E-state index in [0.717, 1.165) is 31.4 Å². The van der Waals surface area contributed by atoms with Crippen LogP contribution < -0.4 is 11.1 Å². The Balaban J connectivity index is 2.21. The average Bonchev–Trinajstić information content (AvgIpc) is 2.77. The summed E-state index contributed by atoms with van der Waals surface area (Å²) in [6.07, 6.45) is 5.56. The smallest absolute Gasteiger partial charge is 0.224 e. The second kappa shape index (κ2) is 7.87. The van der Waals surface area contributed by atoms with Crippen molar-refractivity contribution >= 4 is 5.91 Å². The molecule has 5 nitrogen and oxygen atoms in total. The summed E-state index contributed by atoms with van der Waals surface area (Å²) in [6.45, 7) is 5.20. The number of hydrogen-bond acceptors (Lipinski definition) is 3. The second-order valence-electron chi connectivity index (χ2n) is 4.64. The Labute approximate surface area is 109 Å². The van der Waals surface area contributed by atoms with Crippen LogP contribution in [0, 0.1) is 12.8 Å². The van der Waals surface area contributed by atoms with E-state index in [2.05, 4.69) is 22.4 Å². The first-order valence-corrected chi connectivity index (χ1v) is 6.65.